The summed E-state index contributed by atoms with van der Waals surface area (Å²) in [6, 6.07) is 57.9. The molecule has 2 aromatic heterocycles. The second-order valence-corrected chi connectivity index (χ2v) is 11.9. The van der Waals surface area contributed by atoms with Crippen LogP contribution in [0.2, 0.25) is 0 Å². The third kappa shape index (κ3) is 5.43. The van der Waals surface area contributed by atoms with E-state index in [0.717, 1.165) is 44.5 Å². The van der Waals surface area contributed by atoms with E-state index < -0.39 is 0 Å². The van der Waals surface area contributed by atoms with Gasteiger partial charge in [0.2, 0.25) is 5.89 Å². The van der Waals surface area contributed by atoms with Crippen molar-refractivity contribution in [3.63, 3.8) is 0 Å². The zero-order valence-electron chi connectivity index (χ0n) is 26.4. The van der Waals surface area contributed by atoms with E-state index in [4.69, 9.17) is 19.4 Å². The number of para-hydroxylation sites is 2. The first-order valence-electron chi connectivity index (χ1n) is 16.2. The zero-order valence-corrected chi connectivity index (χ0v) is 26.4. The summed E-state index contributed by atoms with van der Waals surface area (Å²) in [5.74, 6) is 2.57. The second-order valence-electron chi connectivity index (χ2n) is 11.9. The maximum Gasteiger partial charge on any atom is 0.227 e. The maximum atomic E-state index is 6.00. The summed E-state index contributed by atoms with van der Waals surface area (Å²) in [5, 5.41) is 2.38. The topological polar surface area (TPSA) is 64.7 Å². The van der Waals surface area contributed by atoms with E-state index in [-0.39, 0.29) is 0 Å². The molecule has 5 nitrogen and oxygen atoms in total. The minimum atomic E-state index is 0.626. The third-order valence-electron chi connectivity index (χ3n) is 8.81. The van der Waals surface area contributed by atoms with Crippen LogP contribution in [-0.2, 0) is 0 Å². The van der Waals surface area contributed by atoms with Gasteiger partial charge >= 0.3 is 0 Å². The lowest BCUT2D eigenvalue weighted by Crippen LogP contribution is -2.00. The van der Waals surface area contributed by atoms with Gasteiger partial charge in [-0.25, -0.2) is 19.9 Å². The molecule has 230 valence electrons. The number of aromatic nitrogens is 4. The van der Waals surface area contributed by atoms with Gasteiger partial charge in [0, 0.05) is 22.3 Å². The van der Waals surface area contributed by atoms with Crippen LogP contribution in [0.5, 0.6) is 0 Å². The van der Waals surface area contributed by atoms with Crippen LogP contribution in [0.4, 0.5) is 0 Å². The van der Waals surface area contributed by atoms with Gasteiger partial charge in [-0.1, -0.05) is 146 Å². The van der Waals surface area contributed by atoms with Gasteiger partial charge in [-0.15, -0.1) is 0 Å². The van der Waals surface area contributed by atoms with E-state index in [0.29, 0.717) is 23.4 Å². The third-order valence-corrected chi connectivity index (χ3v) is 8.81. The van der Waals surface area contributed by atoms with Gasteiger partial charge < -0.3 is 4.42 Å². The van der Waals surface area contributed by atoms with Gasteiger partial charge in [0.1, 0.15) is 5.52 Å². The van der Waals surface area contributed by atoms with Crippen LogP contribution in [0.15, 0.2) is 174 Å². The van der Waals surface area contributed by atoms with E-state index >= 15 is 0 Å². The number of fused-ring (bicyclic) bond motifs is 2. The second kappa shape index (κ2) is 12.1. The molecule has 49 heavy (non-hydrogen) atoms. The molecule has 0 spiro atoms. The molecule has 0 radical (unpaired) electrons. The molecule has 0 bridgehead atoms. The number of benzene rings is 7. The molecule has 2 heterocycles. The molecule has 0 fully saturated rings. The van der Waals surface area contributed by atoms with Crippen molar-refractivity contribution in [3.8, 4) is 67.9 Å². The smallest absolute Gasteiger partial charge is 0.227 e. The summed E-state index contributed by atoms with van der Waals surface area (Å²) < 4.78 is 6.00. The first kappa shape index (κ1) is 28.5. The fourth-order valence-corrected chi connectivity index (χ4v) is 6.34. The van der Waals surface area contributed by atoms with Crippen LogP contribution in [0.1, 0.15) is 0 Å². The van der Waals surface area contributed by atoms with E-state index in [1.165, 1.54) is 21.9 Å². The van der Waals surface area contributed by atoms with Crippen LogP contribution in [0.25, 0.3) is 89.7 Å². The fourth-order valence-electron chi connectivity index (χ4n) is 6.34. The molecule has 0 aliphatic rings. The van der Waals surface area contributed by atoms with Crippen molar-refractivity contribution in [2.75, 3.05) is 0 Å². The van der Waals surface area contributed by atoms with E-state index in [2.05, 4.69) is 89.9 Å². The lowest BCUT2D eigenvalue weighted by molar-refractivity contribution is 0.620. The summed E-state index contributed by atoms with van der Waals surface area (Å²) in [7, 11) is 0. The SMILES string of the molecule is c1ccc(-c2nc(-c3ccccc3)nc(-c3ccc(-c4cccc5c(-c6ccc(-c7nc8ccccc8o7)cc6)cccc45)cc3)n2)cc1. The molecule has 0 aliphatic carbocycles. The van der Waals surface area contributed by atoms with Crippen LogP contribution in [0, 0.1) is 0 Å². The summed E-state index contributed by atoms with van der Waals surface area (Å²) in [6.07, 6.45) is 0. The highest BCUT2D eigenvalue weighted by atomic mass is 16.3. The number of oxazole rings is 1. The molecule has 0 N–H and O–H groups in total. The van der Waals surface area contributed by atoms with E-state index in [9.17, 15) is 0 Å². The molecular formula is C44H28N4O. The van der Waals surface area contributed by atoms with Crippen LogP contribution in [-0.4, -0.2) is 19.9 Å². The van der Waals surface area contributed by atoms with Crippen LogP contribution >= 0.6 is 0 Å². The Hall–Kier alpha value is -6.72. The summed E-state index contributed by atoms with van der Waals surface area (Å²) >= 11 is 0. The molecule has 0 unspecified atom stereocenters. The van der Waals surface area contributed by atoms with Crippen molar-refractivity contribution >= 4 is 21.9 Å². The van der Waals surface area contributed by atoms with Crippen molar-refractivity contribution in [2.45, 2.75) is 0 Å². The van der Waals surface area contributed by atoms with Crippen molar-refractivity contribution in [1.29, 1.82) is 0 Å². The van der Waals surface area contributed by atoms with Gasteiger partial charge in [-0.05, 0) is 57.3 Å². The minimum absolute atomic E-state index is 0.626. The molecule has 0 saturated carbocycles. The highest BCUT2D eigenvalue weighted by molar-refractivity contribution is 6.04. The van der Waals surface area contributed by atoms with E-state index in [1.807, 2.05) is 84.9 Å². The Kier molecular flexibility index (Phi) is 7.06. The number of hydrogen-bond donors (Lipinski definition) is 0. The lowest BCUT2D eigenvalue weighted by Gasteiger charge is -2.12. The lowest BCUT2D eigenvalue weighted by atomic mass is 9.92. The Labute approximate surface area is 283 Å². The van der Waals surface area contributed by atoms with Crippen molar-refractivity contribution < 1.29 is 4.42 Å². The fraction of sp³-hybridized carbons (Fsp3) is 0. The Morgan fingerprint density at radius 2 is 0.735 bits per heavy atom. The molecule has 0 aliphatic heterocycles. The molecule has 5 heteroatoms. The Morgan fingerprint density at radius 1 is 0.306 bits per heavy atom. The van der Waals surface area contributed by atoms with Gasteiger partial charge in [-0.2, -0.15) is 0 Å². The maximum absolute atomic E-state index is 6.00. The van der Waals surface area contributed by atoms with Crippen LogP contribution < -0.4 is 0 Å². The first-order chi connectivity index (χ1) is 24.3. The van der Waals surface area contributed by atoms with Crippen molar-refractivity contribution in [2.24, 2.45) is 0 Å². The molecule has 9 rings (SSSR count). The highest BCUT2D eigenvalue weighted by Gasteiger charge is 2.14. The zero-order chi connectivity index (χ0) is 32.6. The van der Waals surface area contributed by atoms with E-state index in [1.54, 1.807) is 0 Å². The van der Waals surface area contributed by atoms with Crippen LogP contribution in [0.3, 0.4) is 0 Å². The predicted molar refractivity (Wildman–Crippen MR) is 198 cm³/mol. The van der Waals surface area contributed by atoms with Gasteiger partial charge in [0.05, 0.1) is 0 Å². The highest BCUT2D eigenvalue weighted by Crippen LogP contribution is 2.36. The number of rotatable bonds is 6. The largest absolute Gasteiger partial charge is 0.436 e. The van der Waals surface area contributed by atoms with Gasteiger partial charge in [0.25, 0.3) is 0 Å². The molecular weight excluding hydrogens is 601 g/mol. The standard InChI is InChI=1S/C44H28N4O/c1-3-11-31(12-4-1)41-46-42(32-13-5-2-6-14-32)48-43(47-41)33-25-21-29(22-26-33)35-15-9-18-38-36(16-10-17-37(35)38)30-23-27-34(28-24-30)44-45-39-19-7-8-20-40(39)49-44/h1-28H. The molecule has 0 amide bonds. The number of nitrogens with zero attached hydrogens (tertiary/aromatic N) is 4. The number of hydrogen-bond acceptors (Lipinski definition) is 5. The van der Waals surface area contributed by atoms with Crippen molar-refractivity contribution in [3.05, 3.63) is 170 Å². The Morgan fingerprint density at radius 3 is 1.24 bits per heavy atom. The Bertz CT molecular complexity index is 2490. The Balaban J connectivity index is 1.06. The van der Waals surface area contributed by atoms with Crippen molar-refractivity contribution in [1.82, 2.24) is 19.9 Å². The van der Waals surface area contributed by atoms with Gasteiger partial charge in [-0.3, -0.25) is 0 Å². The molecule has 9 aromatic rings. The quantitative estimate of drug-likeness (QED) is 0.183. The summed E-state index contributed by atoms with van der Waals surface area (Å²) in [4.78, 5) is 19.3. The molecule has 0 saturated heterocycles. The molecule has 7 aromatic carbocycles. The predicted octanol–water partition coefficient (Wildman–Crippen LogP) is 11.2. The average Bonchev–Trinajstić information content (AvgIpc) is 3.63. The van der Waals surface area contributed by atoms with Gasteiger partial charge in [0.15, 0.2) is 23.1 Å². The average molecular weight is 629 g/mol. The monoisotopic (exact) mass is 628 g/mol. The summed E-state index contributed by atoms with van der Waals surface area (Å²) in [6.45, 7) is 0. The normalized spacial score (nSPS) is 11.3. The summed E-state index contributed by atoms with van der Waals surface area (Å²) in [5.41, 5.74) is 10.0. The first-order valence-corrected chi connectivity index (χ1v) is 16.2. The molecule has 0 atom stereocenters. The minimum Gasteiger partial charge on any atom is -0.436 e.